The van der Waals surface area contributed by atoms with Crippen molar-refractivity contribution in [3.8, 4) is 0 Å². The van der Waals surface area contributed by atoms with Crippen LogP contribution >= 0.6 is 11.3 Å². The molecule has 1 amide bonds. The minimum Gasteiger partial charge on any atom is -0.381 e. The summed E-state index contributed by atoms with van der Waals surface area (Å²) >= 11 is 1.46. The molecule has 4 rings (SSSR count). The fraction of sp³-hybridized carbons (Fsp3) is 0.500. The second-order valence-corrected chi connectivity index (χ2v) is 6.88. The Morgan fingerprint density at radius 3 is 2.57 bits per heavy atom. The zero-order valence-corrected chi connectivity index (χ0v) is 13.5. The van der Waals surface area contributed by atoms with Crippen LogP contribution in [-0.2, 0) is 4.74 Å². The summed E-state index contributed by atoms with van der Waals surface area (Å²) in [5.74, 6) is 1.57. The predicted molar refractivity (Wildman–Crippen MR) is 86.9 cm³/mol. The number of ether oxygens (including phenoxy) is 1. The smallest absolute Gasteiger partial charge is 0.260 e. The van der Waals surface area contributed by atoms with Crippen LogP contribution in [0.15, 0.2) is 17.8 Å². The summed E-state index contributed by atoms with van der Waals surface area (Å²) in [6.07, 6.45) is 7.49. The van der Waals surface area contributed by atoms with E-state index in [2.05, 4.69) is 20.3 Å². The lowest BCUT2D eigenvalue weighted by Crippen LogP contribution is -2.15. The van der Waals surface area contributed by atoms with Crippen LogP contribution in [0.5, 0.6) is 0 Å². The van der Waals surface area contributed by atoms with Gasteiger partial charge in [0.1, 0.15) is 5.82 Å². The van der Waals surface area contributed by atoms with E-state index in [1.165, 1.54) is 11.3 Å². The average molecular weight is 330 g/mol. The van der Waals surface area contributed by atoms with Crippen molar-refractivity contribution in [2.24, 2.45) is 0 Å². The minimum atomic E-state index is -0.208. The van der Waals surface area contributed by atoms with Gasteiger partial charge in [-0.3, -0.25) is 10.1 Å². The van der Waals surface area contributed by atoms with Crippen LogP contribution in [0.3, 0.4) is 0 Å². The number of carbonyl (C=O) groups is 1. The van der Waals surface area contributed by atoms with Gasteiger partial charge in [0.15, 0.2) is 5.13 Å². The molecule has 7 heteroatoms. The molecule has 1 aliphatic carbocycles. The van der Waals surface area contributed by atoms with E-state index in [1.54, 1.807) is 12.4 Å². The first-order valence-electron chi connectivity index (χ1n) is 7.96. The van der Waals surface area contributed by atoms with Crippen molar-refractivity contribution in [3.63, 3.8) is 0 Å². The Kier molecular flexibility index (Phi) is 4.05. The number of nitrogens with zero attached hydrogens (tertiary/aromatic N) is 3. The van der Waals surface area contributed by atoms with Crippen molar-refractivity contribution in [3.05, 3.63) is 34.9 Å². The molecular weight excluding hydrogens is 312 g/mol. The Hall–Kier alpha value is -1.86. The number of anilines is 1. The van der Waals surface area contributed by atoms with Gasteiger partial charge in [-0.15, -0.1) is 11.3 Å². The highest BCUT2D eigenvalue weighted by Crippen LogP contribution is 2.37. The van der Waals surface area contributed by atoms with Crippen LogP contribution in [0.25, 0.3) is 0 Å². The summed E-state index contributed by atoms with van der Waals surface area (Å²) in [6, 6.07) is 0. The first-order valence-corrected chi connectivity index (χ1v) is 8.84. The van der Waals surface area contributed by atoms with E-state index < -0.39 is 0 Å². The summed E-state index contributed by atoms with van der Waals surface area (Å²) in [5, 5.41) is 5.49. The normalized spacial score (nSPS) is 18.8. The van der Waals surface area contributed by atoms with Gasteiger partial charge in [-0.25, -0.2) is 15.0 Å². The first-order chi connectivity index (χ1) is 11.3. The van der Waals surface area contributed by atoms with Gasteiger partial charge < -0.3 is 4.74 Å². The van der Waals surface area contributed by atoms with Gasteiger partial charge in [0.2, 0.25) is 0 Å². The number of carbonyl (C=O) groups excluding carboxylic acids is 1. The van der Waals surface area contributed by atoms with Gasteiger partial charge in [-0.2, -0.15) is 0 Å². The van der Waals surface area contributed by atoms with Crippen LogP contribution in [0.2, 0.25) is 0 Å². The maximum absolute atomic E-state index is 12.3. The lowest BCUT2D eigenvalue weighted by atomic mass is 9.98. The molecule has 23 heavy (non-hydrogen) atoms. The summed E-state index contributed by atoms with van der Waals surface area (Å²) in [6.45, 7) is 1.57. The number of amides is 1. The first kappa shape index (κ1) is 14.7. The standard InChI is InChI=1S/C16H18N4O2S/c21-15(12-7-17-14(18-8-12)11-1-2-11)20-16-19-13(9-23-16)10-3-5-22-6-4-10/h7-11H,1-6H2,(H,19,20,21). The highest BCUT2D eigenvalue weighted by atomic mass is 32.1. The third-order valence-corrected chi connectivity index (χ3v) is 5.03. The molecule has 1 saturated carbocycles. The summed E-state index contributed by atoms with van der Waals surface area (Å²) in [5.41, 5.74) is 1.52. The van der Waals surface area contributed by atoms with Crippen LogP contribution in [0, 0.1) is 0 Å². The van der Waals surface area contributed by atoms with Gasteiger partial charge in [-0.1, -0.05) is 0 Å². The molecular formula is C16H18N4O2S. The van der Waals surface area contributed by atoms with E-state index in [0.717, 1.165) is 50.4 Å². The molecule has 0 radical (unpaired) electrons. The monoisotopic (exact) mass is 330 g/mol. The summed E-state index contributed by atoms with van der Waals surface area (Å²) < 4.78 is 5.37. The predicted octanol–water partition coefficient (Wildman–Crippen LogP) is 2.96. The Balaban J connectivity index is 1.40. The van der Waals surface area contributed by atoms with E-state index in [4.69, 9.17) is 4.74 Å². The quantitative estimate of drug-likeness (QED) is 0.932. The second-order valence-electron chi connectivity index (χ2n) is 6.02. The van der Waals surface area contributed by atoms with Crippen molar-refractivity contribution in [1.29, 1.82) is 0 Å². The fourth-order valence-electron chi connectivity index (χ4n) is 2.70. The van der Waals surface area contributed by atoms with Crippen molar-refractivity contribution >= 4 is 22.4 Å². The largest absolute Gasteiger partial charge is 0.381 e. The maximum atomic E-state index is 12.3. The van der Waals surface area contributed by atoms with Gasteiger partial charge in [0.05, 0.1) is 11.3 Å². The highest BCUT2D eigenvalue weighted by Gasteiger charge is 2.26. The van der Waals surface area contributed by atoms with Gasteiger partial charge in [0, 0.05) is 42.8 Å². The molecule has 1 N–H and O–H groups in total. The fourth-order valence-corrected chi connectivity index (χ4v) is 3.49. The Morgan fingerprint density at radius 1 is 1.13 bits per heavy atom. The molecule has 2 aliphatic rings. The number of thiazole rings is 1. The van der Waals surface area contributed by atoms with Gasteiger partial charge >= 0.3 is 0 Å². The molecule has 0 spiro atoms. The van der Waals surface area contributed by atoms with Crippen LogP contribution in [0.1, 0.15) is 59.4 Å². The summed E-state index contributed by atoms with van der Waals surface area (Å²) in [4.78, 5) is 25.4. The molecule has 6 nitrogen and oxygen atoms in total. The zero-order chi connectivity index (χ0) is 15.6. The second kappa shape index (κ2) is 6.33. The molecule has 0 unspecified atom stereocenters. The maximum Gasteiger partial charge on any atom is 0.260 e. The lowest BCUT2D eigenvalue weighted by Gasteiger charge is -2.19. The molecule has 0 bridgehead atoms. The van der Waals surface area contributed by atoms with Crippen molar-refractivity contribution < 1.29 is 9.53 Å². The molecule has 0 atom stereocenters. The number of rotatable bonds is 4. The van der Waals surface area contributed by atoms with Crippen LogP contribution in [-0.4, -0.2) is 34.1 Å². The molecule has 3 heterocycles. The van der Waals surface area contributed by atoms with E-state index in [0.29, 0.717) is 22.5 Å². The number of hydrogen-bond donors (Lipinski definition) is 1. The third kappa shape index (κ3) is 3.40. The molecule has 0 aromatic carbocycles. The number of nitrogens with one attached hydrogen (secondary N) is 1. The third-order valence-electron chi connectivity index (χ3n) is 4.26. The van der Waals surface area contributed by atoms with Gasteiger partial charge in [0.25, 0.3) is 5.91 Å². The minimum absolute atomic E-state index is 0.208. The van der Waals surface area contributed by atoms with Crippen molar-refractivity contribution in [2.75, 3.05) is 18.5 Å². The summed E-state index contributed by atoms with van der Waals surface area (Å²) in [7, 11) is 0. The van der Waals surface area contributed by atoms with E-state index in [-0.39, 0.29) is 5.91 Å². The van der Waals surface area contributed by atoms with E-state index in [1.807, 2.05) is 5.38 Å². The number of hydrogen-bond acceptors (Lipinski definition) is 6. The molecule has 1 aliphatic heterocycles. The molecule has 2 aromatic heterocycles. The van der Waals surface area contributed by atoms with E-state index >= 15 is 0 Å². The lowest BCUT2D eigenvalue weighted by molar-refractivity contribution is 0.0846. The SMILES string of the molecule is O=C(Nc1nc(C2CCOCC2)cs1)c1cnc(C2CC2)nc1. The van der Waals surface area contributed by atoms with Crippen molar-refractivity contribution in [1.82, 2.24) is 15.0 Å². The highest BCUT2D eigenvalue weighted by molar-refractivity contribution is 7.14. The van der Waals surface area contributed by atoms with Gasteiger partial charge in [-0.05, 0) is 25.7 Å². The van der Waals surface area contributed by atoms with Crippen LogP contribution in [0.4, 0.5) is 5.13 Å². The Bertz CT molecular complexity index is 690. The molecule has 2 aromatic rings. The Morgan fingerprint density at radius 2 is 1.87 bits per heavy atom. The van der Waals surface area contributed by atoms with Crippen LogP contribution < -0.4 is 5.32 Å². The molecule has 120 valence electrons. The zero-order valence-electron chi connectivity index (χ0n) is 12.7. The number of aromatic nitrogens is 3. The molecule has 2 fully saturated rings. The average Bonchev–Trinajstić information content (AvgIpc) is 3.35. The topological polar surface area (TPSA) is 77.0 Å². The molecule has 1 saturated heterocycles. The van der Waals surface area contributed by atoms with Crippen molar-refractivity contribution in [2.45, 2.75) is 37.5 Å². The Labute approximate surface area is 138 Å². The van der Waals surface area contributed by atoms with E-state index in [9.17, 15) is 4.79 Å².